The molecule has 0 bridgehead atoms. The van der Waals surface area contributed by atoms with Crippen LogP contribution in [0, 0.1) is 5.92 Å². The summed E-state index contributed by atoms with van der Waals surface area (Å²) >= 11 is 1.33. The molecule has 4 N–H and O–H groups in total. The van der Waals surface area contributed by atoms with Gasteiger partial charge in [0.25, 0.3) is 0 Å². The van der Waals surface area contributed by atoms with Crippen molar-refractivity contribution in [3.8, 4) is 11.1 Å². The van der Waals surface area contributed by atoms with Gasteiger partial charge in [-0.3, -0.25) is 0 Å². The van der Waals surface area contributed by atoms with Crippen molar-refractivity contribution >= 4 is 27.2 Å². The Labute approximate surface area is 151 Å². The van der Waals surface area contributed by atoms with Crippen molar-refractivity contribution in [2.24, 2.45) is 11.7 Å². The lowest BCUT2D eigenvalue weighted by molar-refractivity contribution is 0.539. The van der Waals surface area contributed by atoms with E-state index in [4.69, 9.17) is 5.73 Å². The zero-order valence-corrected chi connectivity index (χ0v) is 15.3. The molecule has 130 valence electrons. The number of hydrazine groups is 1. The van der Waals surface area contributed by atoms with Crippen molar-refractivity contribution in [3.05, 3.63) is 64.4 Å². The summed E-state index contributed by atoms with van der Waals surface area (Å²) in [6.45, 7) is 0. The van der Waals surface area contributed by atoms with Crippen LogP contribution in [0.1, 0.15) is 5.56 Å². The first-order valence-electron chi connectivity index (χ1n) is 7.98. The molecule has 0 aromatic heterocycles. The summed E-state index contributed by atoms with van der Waals surface area (Å²) < 4.78 is 25.0. The zero-order valence-electron chi connectivity index (χ0n) is 13.6. The second kappa shape index (κ2) is 6.26. The Morgan fingerprint density at radius 1 is 0.920 bits per heavy atom. The topological polar surface area (TPSA) is 84.2 Å². The van der Waals surface area contributed by atoms with Gasteiger partial charge in [0, 0.05) is 12.2 Å². The lowest BCUT2D eigenvalue weighted by Gasteiger charge is -2.17. The maximum absolute atomic E-state index is 12.3. The van der Waals surface area contributed by atoms with E-state index >= 15 is 0 Å². The largest absolute Gasteiger partial charge is 0.314 e. The third-order valence-electron chi connectivity index (χ3n) is 4.53. The van der Waals surface area contributed by atoms with Crippen LogP contribution in [0.4, 0.5) is 0 Å². The zero-order chi connectivity index (χ0) is 17.6. The molecule has 0 amide bonds. The summed E-state index contributed by atoms with van der Waals surface area (Å²) in [6.07, 6.45) is 0.939. The molecule has 2 aliphatic heterocycles. The van der Waals surface area contributed by atoms with Gasteiger partial charge in [-0.1, -0.05) is 66.4 Å². The molecule has 0 aliphatic carbocycles. The van der Waals surface area contributed by atoms with Crippen LogP contribution in [0.2, 0.25) is 0 Å². The van der Waals surface area contributed by atoms with Gasteiger partial charge in [0.1, 0.15) is 4.24 Å². The van der Waals surface area contributed by atoms with Crippen LogP contribution in [-0.2, 0) is 9.84 Å². The monoisotopic (exact) mass is 373 g/mol. The van der Waals surface area contributed by atoms with E-state index in [-0.39, 0.29) is 17.5 Å². The van der Waals surface area contributed by atoms with Gasteiger partial charge >= 0.3 is 0 Å². The van der Waals surface area contributed by atoms with E-state index in [1.807, 2.05) is 42.5 Å². The van der Waals surface area contributed by atoms with Crippen LogP contribution >= 0.6 is 11.8 Å². The van der Waals surface area contributed by atoms with Crippen LogP contribution in [0.25, 0.3) is 16.7 Å². The van der Waals surface area contributed by atoms with Crippen LogP contribution in [0.5, 0.6) is 0 Å². The van der Waals surface area contributed by atoms with Gasteiger partial charge in [0.05, 0.1) is 11.5 Å². The molecule has 2 aromatic rings. The van der Waals surface area contributed by atoms with Gasteiger partial charge in [-0.05, 0) is 22.3 Å². The van der Waals surface area contributed by atoms with Crippen molar-refractivity contribution in [2.75, 3.05) is 6.26 Å². The molecule has 2 aromatic carbocycles. The molecule has 0 spiro atoms. The van der Waals surface area contributed by atoms with E-state index in [9.17, 15) is 8.42 Å². The smallest absolute Gasteiger partial charge is 0.181 e. The van der Waals surface area contributed by atoms with Gasteiger partial charge in [-0.15, -0.1) is 0 Å². The summed E-state index contributed by atoms with van der Waals surface area (Å²) in [4.78, 5) is 0. The minimum absolute atomic E-state index is 0.0662. The molecule has 1 saturated heterocycles. The fourth-order valence-electron chi connectivity index (χ4n) is 3.37. The number of nitrogens with two attached hydrogens (primary N) is 1. The minimum atomic E-state index is -3.31. The summed E-state index contributed by atoms with van der Waals surface area (Å²) in [5.41, 5.74) is 16.2. The van der Waals surface area contributed by atoms with E-state index in [1.54, 1.807) is 0 Å². The lowest BCUT2D eigenvalue weighted by atomic mass is 9.91. The Hall–Kier alpha value is -1.64. The molecule has 3 atom stereocenters. The van der Waals surface area contributed by atoms with E-state index in [1.165, 1.54) is 18.0 Å². The third kappa shape index (κ3) is 3.02. The first-order valence-corrected chi connectivity index (χ1v) is 10.8. The number of fused-ring (bicyclic) bond motifs is 1. The average molecular weight is 374 g/mol. The second-order valence-electron chi connectivity index (χ2n) is 6.30. The minimum Gasteiger partial charge on any atom is -0.314 e. The normalized spacial score (nSPS) is 26.1. The Bertz CT molecular complexity index is 925. The lowest BCUT2D eigenvalue weighted by Crippen LogP contribution is -2.39. The summed E-state index contributed by atoms with van der Waals surface area (Å²) in [7, 11) is -3.31. The molecule has 0 radical (unpaired) electrons. The first kappa shape index (κ1) is 16.8. The predicted octanol–water partition coefficient (Wildman–Crippen LogP) is 2.15. The molecule has 25 heavy (non-hydrogen) atoms. The van der Waals surface area contributed by atoms with Gasteiger partial charge in [0.15, 0.2) is 9.84 Å². The number of rotatable bonds is 3. The van der Waals surface area contributed by atoms with Crippen molar-refractivity contribution < 1.29 is 8.42 Å². The predicted molar refractivity (Wildman–Crippen MR) is 103 cm³/mol. The fraction of sp³-hybridized carbons (Fsp3) is 0.222. The van der Waals surface area contributed by atoms with Crippen molar-refractivity contribution in [1.29, 1.82) is 0 Å². The maximum Gasteiger partial charge on any atom is 0.181 e. The highest BCUT2D eigenvalue weighted by Crippen LogP contribution is 2.50. The van der Waals surface area contributed by atoms with Crippen LogP contribution < -0.4 is 16.6 Å². The first-order chi connectivity index (χ1) is 11.9. The number of thioether (sulfide) groups is 1. The van der Waals surface area contributed by atoms with Crippen molar-refractivity contribution in [3.63, 3.8) is 0 Å². The molecule has 4 rings (SSSR count). The number of sulfone groups is 1. The van der Waals surface area contributed by atoms with Gasteiger partial charge in [-0.2, -0.15) is 0 Å². The van der Waals surface area contributed by atoms with E-state index in [2.05, 4.69) is 23.0 Å². The summed E-state index contributed by atoms with van der Waals surface area (Å²) in [6, 6.07) is 18.1. The second-order valence-corrected chi connectivity index (χ2v) is 9.66. The number of nitrogens with one attached hydrogen (secondary N) is 2. The van der Waals surface area contributed by atoms with Gasteiger partial charge in [0.2, 0.25) is 0 Å². The highest BCUT2D eigenvalue weighted by molar-refractivity contribution is 8.19. The highest BCUT2D eigenvalue weighted by Gasteiger charge is 2.46. The molecule has 2 aliphatic rings. The van der Waals surface area contributed by atoms with Crippen molar-refractivity contribution in [2.45, 2.75) is 11.5 Å². The molecule has 0 saturated carbocycles. The van der Waals surface area contributed by atoms with Gasteiger partial charge < -0.3 is 5.73 Å². The molecule has 1 fully saturated rings. The van der Waals surface area contributed by atoms with E-state index in [0.29, 0.717) is 4.24 Å². The van der Waals surface area contributed by atoms with E-state index in [0.717, 1.165) is 22.3 Å². The molecular formula is C18H19N3O2S2. The molecule has 3 unspecified atom stereocenters. The number of benzene rings is 2. The molecular weight excluding hydrogens is 354 g/mol. The number of hydrogen-bond acceptors (Lipinski definition) is 6. The Morgan fingerprint density at radius 3 is 2.16 bits per heavy atom. The molecule has 5 nitrogen and oxygen atoms in total. The Morgan fingerprint density at radius 2 is 1.52 bits per heavy atom. The fourth-order valence-corrected chi connectivity index (χ4v) is 6.22. The highest BCUT2D eigenvalue weighted by atomic mass is 32.3. The van der Waals surface area contributed by atoms with Gasteiger partial charge in [-0.25, -0.2) is 19.3 Å². The van der Waals surface area contributed by atoms with Crippen LogP contribution in [0.3, 0.4) is 0 Å². The maximum atomic E-state index is 12.3. The molecule has 2 heterocycles. The Kier molecular flexibility index (Phi) is 4.21. The van der Waals surface area contributed by atoms with Crippen LogP contribution in [-0.4, -0.2) is 26.2 Å². The quantitative estimate of drug-likeness (QED) is 0.765. The molecule has 7 heteroatoms. The third-order valence-corrected chi connectivity index (χ3v) is 7.72. The van der Waals surface area contributed by atoms with E-state index < -0.39 is 9.84 Å². The number of hydrogen-bond donors (Lipinski definition) is 3. The average Bonchev–Trinajstić information content (AvgIpc) is 3.16. The van der Waals surface area contributed by atoms with Crippen LogP contribution in [0.15, 0.2) is 58.8 Å². The Balaban J connectivity index is 1.78. The summed E-state index contributed by atoms with van der Waals surface area (Å²) in [5, 5.41) is -0.0662. The SMILES string of the molecule is CS(=O)(=O)C1=C(c2ccc(-c3ccccc3)cc2)C2C(N)NNC2S1. The standard InChI is InChI=1S/C18H19N3O2S2/c1-25(22,23)18-14(15-16(19)20-21-17(15)24-18)13-9-7-12(8-10-13)11-5-3-2-4-6-11/h2-10,15-17,20-21H,19H2,1H3. The van der Waals surface area contributed by atoms with Crippen molar-refractivity contribution in [1.82, 2.24) is 10.9 Å². The summed E-state index contributed by atoms with van der Waals surface area (Å²) in [5.74, 6) is -0.0858.